The quantitative estimate of drug-likeness (QED) is 0.0616. The summed E-state index contributed by atoms with van der Waals surface area (Å²) in [7, 11) is -4.58. The third-order valence-corrected chi connectivity index (χ3v) is 6.01. The Bertz CT molecular complexity index is 806. The monoisotopic (exact) mass is 574 g/mol. The number of ether oxygens (including phenoxy) is 2. The van der Waals surface area contributed by atoms with Gasteiger partial charge in [-0.15, -0.1) is 0 Å². The lowest BCUT2D eigenvalue weighted by atomic mass is 10.1. The van der Waals surface area contributed by atoms with Crippen molar-refractivity contribution in [3.05, 3.63) is 48.6 Å². The molecule has 0 aliphatic rings. The number of carbonyl (C=O) groups is 2. The second-order valence-corrected chi connectivity index (χ2v) is 10.2. The van der Waals surface area contributed by atoms with Gasteiger partial charge in [-0.1, -0.05) is 68.4 Å². The van der Waals surface area contributed by atoms with Gasteiger partial charge in [-0.25, -0.2) is 4.57 Å². The molecule has 0 heterocycles. The predicted molar refractivity (Wildman–Crippen MR) is 150 cm³/mol. The van der Waals surface area contributed by atoms with Gasteiger partial charge in [0.15, 0.2) is 6.10 Å². The van der Waals surface area contributed by atoms with Crippen molar-refractivity contribution in [1.82, 2.24) is 0 Å². The van der Waals surface area contributed by atoms with Crippen LogP contribution in [0, 0.1) is 0 Å². The molecule has 0 rings (SSSR count). The summed E-state index contributed by atoms with van der Waals surface area (Å²) in [5.41, 5.74) is 0. The number of rotatable bonds is 24. The number of hydrogen-bond acceptors (Lipinski definition) is 9. The van der Waals surface area contributed by atoms with E-state index in [9.17, 15) is 24.2 Å². The fourth-order valence-corrected chi connectivity index (χ4v) is 3.79. The summed E-state index contributed by atoms with van der Waals surface area (Å²) in [6.07, 6.45) is 23.3. The Morgan fingerprint density at radius 3 is 1.97 bits per heavy atom. The number of carbonyl (C=O) groups excluding carboxylic acids is 2. The van der Waals surface area contributed by atoms with E-state index in [0.717, 1.165) is 51.4 Å². The zero-order valence-electron chi connectivity index (χ0n) is 23.3. The first-order chi connectivity index (χ1) is 18.7. The molecule has 0 aromatic heterocycles. The van der Waals surface area contributed by atoms with Gasteiger partial charge in [-0.3, -0.25) is 18.6 Å². The van der Waals surface area contributed by atoms with Crippen LogP contribution >= 0.6 is 7.82 Å². The first-order valence-electron chi connectivity index (χ1n) is 13.5. The van der Waals surface area contributed by atoms with Gasteiger partial charge < -0.3 is 24.6 Å². The number of phosphoric ester groups is 1. The maximum absolute atomic E-state index is 12.2. The van der Waals surface area contributed by atoms with Crippen molar-refractivity contribution in [1.29, 1.82) is 0 Å². The molecule has 0 saturated heterocycles. The normalized spacial score (nSPS) is 15.3. The molecule has 0 radical (unpaired) electrons. The lowest BCUT2D eigenvalue weighted by molar-refractivity contribution is -0.160. The molecule has 39 heavy (non-hydrogen) atoms. The molecule has 0 aromatic carbocycles. The molecule has 3 unspecified atom stereocenters. The van der Waals surface area contributed by atoms with Crippen LogP contribution in [-0.2, 0) is 32.7 Å². The Hall–Kier alpha value is -2.07. The molecule has 0 aliphatic heterocycles. The maximum Gasteiger partial charge on any atom is 0.472 e. The average molecular weight is 575 g/mol. The summed E-state index contributed by atoms with van der Waals surface area (Å²) >= 11 is 0. The summed E-state index contributed by atoms with van der Waals surface area (Å²) in [4.78, 5) is 32.9. The van der Waals surface area contributed by atoms with Gasteiger partial charge in [0.1, 0.15) is 12.7 Å². The molecule has 0 aliphatic carbocycles. The van der Waals surface area contributed by atoms with Crippen molar-refractivity contribution in [2.45, 2.75) is 90.3 Å². The zero-order chi connectivity index (χ0) is 29.2. The highest BCUT2D eigenvalue weighted by Gasteiger charge is 2.26. The topological polar surface area (TPSA) is 149 Å². The molecule has 0 spiro atoms. The molecule has 3 atom stereocenters. The van der Waals surface area contributed by atoms with E-state index in [-0.39, 0.29) is 13.0 Å². The molecular weight excluding hydrogens is 527 g/mol. The SMILES string of the molecule is CC/C=C\C/C=C\C/C=C\C/C=C\CCCCCCC(=O)OC(COC(C)=O)COP(=O)(O)OCC(O)CO. The first-order valence-corrected chi connectivity index (χ1v) is 15.0. The van der Waals surface area contributed by atoms with E-state index in [1.807, 2.05) is 0 Å². The Morgan fingerprint density at radius 1 is 0.821 bits per heavy atom. The number of unbranched alkanes of at least 4 members (excludes halogenated alkanes) is 4. The number of aliphatic hydroxyl groups excluding tert-OH is 2. The van der Waals surface area contributed by atoms with Crippen molar-refractivity contribution >= 4 is 19.8 Å². The van der Waals surface area contributed by atoms with Gasteiger partial charge in [0, 0.05) is 13.3 Å². The van der Waals surface area contributed by atoms with Crippen LogP contribution < -0.4 is 0 Å². The Labute approximate surface area is 233 Å². The van der Waals surface area contributed by atoms with Gasteiger partial charge in [0.25, 0.3) is 0 Å². The standard InChI is InChI=1S/C28H47O10P/c1-3-4-5-6-7-8-9-10-11-12-13-14-15-16-17-18-19-20-28(32)38-27(23-35-25(2)30)24-37-39(33,34)36-22-26(31)21-29/h4-5,7-8,10-11,13-14,26-27,29,31H,3,6,9,12,15-24H2,1-2H3,(H,33,34)/b5-4-,8-7-,11-10-,14-13-. The average Bonchev–Trinajstić information content (AvgIpc) is 2.90. The lowest BCUT2D eigenvalue weighted by Crippen LogP contribution is -2.29. The van der Waals surface area contributed by atoms with E-state index in [1.54, 1.807) is 0 Å². The number of aliphatic hydroxyl groups is 2. The van der Waals surface area contributed by atoms with E-state index in [0.29, 0.717) is 6.42 Å². The number of esters is 2. The fraction of sp³-hybridized carbons (Fsp3) is 0.643. The first kappa shape index (κ1) is 36.9. The van der Waals surface area contributed by atoms with Gasteiger partial charge in [0.05, 0.1) is 19.8 Å². The molecule has 3 N–H and O–H groups in total. The van der Waals surface area contributed by atoms with E-state index in [4.69, 9.17) is 19.1 Å². The molecular formula is C28H47O10P. The van der Waals surface area contributed by atoms with Crippen LogP contribution in [0.4, 0.5) is 0 Å². The molecule has 224 valence electrons. The van der Waals surface area contributed by atoms with E-state index >= 15 is 0 Å². The highest BCUT2D eigenvalue weighted by atomic mass is 31.2. The van der Waals surface area contributed by atoms with Crippen molar-refractivity contribution in [3.63, 3.8) is 0 Å². The van der Waals surface area contributed by atoms with Crippen LogP contribution in [0.15, 0.2) is 48.6 Å². The summed E-state index contributed by atoms with van der Waals surface area (Å²) in [6, 6.07) is 0. The Morgan fingerprint density at radius 2 is 1.38 bits per heavy atom. The number of hydrogen-bond donors (Lipinski definition) is 3. The maximum atomic E-state index is 12.2. The molecule has 0 bridgehead atoms. The largest absolute Gasteiger partial charge is 0.472 e. The molecule has 0 saturated carbocycles. The van der Waals surface area contributed by atoms with Crippen LogP contribution in [0.1, 0.15) is 78.1 Å². The zero-order valence-corrected chi connectivity index (χ0v) is 24.2. The lowest BCUT2D eigenvalue weighted by Gasteiger charge is -2.20. The fourth-order valence-electron chi connectivity index (χ4n) is 3.00. The van der Waals surface area contributed by atoms with Crippen LogP contribution in [-0.4, -0.2) is 65.7 Å². The second kappa shape index (κ2) is 24.9. The van der Waals surface area contributed by atoms with Crippen LogP contribution in [0.25, 0.3) is 0 Å². The molecule has 0 fully saturated rings. The second-order valence-electron chi connectivity index (χ2n) is 8.76. The van der Waals surface area contributed by atoms with Crippen molar-refractivity contribution < 1.29 is 47.8 Å². The summed E-state index contributed by atoms with van der Waals surface area (Å²) in [5, 5.41) is 17.9. The van der Waals surface area contributed by atoms with Gasteiger partial charge in [0.2, 0.25) is 0 Å². The van der Waals surface area contributed by atoms with E-state index in [2.05, 4.69) is 60.1 Å². The predicted octanol–water partition coefficient (Wildman–Crippen LogP) is 5.09. The van der Waals surface area contributed by atoms with Gasteiger partial charge >= 0.3 is 19.8 Å². The van der Waals surface area contributed by atoms with Gasteiger partial charge in [-0.2, -0.15) is 0 Å². The number of phosphoric acid groups is 1. The molecule has 0 aromatic rings. The summed E-state index contributed by atoms with van der Waals surface area (Å²) < 4.78 is 31.2. The van der Waals surface area contributed by atoms with Crippen molar-refractivity contribution in [3.8, 4) is 0 Å². The third-order valence-electron chi connectivity index (χ3n) is 5.06. The highest BCUT2D eigenvalue weighted by molar-refractivity contribution is 7.47. The van der Waals surface area contributed by atoms with E-state index < -0.39 is 51.8 Å². The molecule has 0 amide bonds. The number of allylic oxidation sites excluding steroid dienone is 8. The van der Waals surface area contributed by atoms with Crippen LogP contribution in [0.2, 0.25) is 0 Å². The molecule has 10 nitrogen and oxygen atoms in total. The minimum atomic E-state index is -4.58. The Balaban J connectivity index is 4.09. The highest BCUT2D eigenvalue weighted by Crippen LogP contribution is 2.43. The van der Waals surface area contributed by atoms with Crippen LogP contribution in [0.5, 0.6) is 0 Å². The van der Waals surface area contributed by atoms with E-state index in [1.165, 1.54) is 6.92 Å². The smallest absolute Gasteiger partial charge is 0.462 e. The summed E-state index contributed by atoms with van der Waals surface area (Å²) in [5.74, 6) is -1.15. The van der Waals surface area contributed by atoms with Crippen molar-refractivity contribution in [2.24, 2.45) is 0 Å². The Kier molecular flexibility index (Phi) is 23.6. The minimum absolute atomic E-state index is 0.149. The van der Waals surface area contributed by atoms with Crippen LogP contribution in [0.3, 0.4) is 0 Å². The minimum Gasteiger partial charge on any atom is -0.462 e. The van der Waals surface area contributed by atoms with Gasteiger partial charge in [-0.05, 0) is 44.9 Å². The molecule has 11 heteroatoms. The summed E-state index contributed by atoms with van der Waals surface area (Å²) in [6.45, 7) is 1.11. The third kappa shape index (κ3) is 25.9. The van der Waals surface area contributed by atoms with Crippen molar-refractivity contribution in [2.75, 3.05) is 26.4 Å².